The molecule has 0 heterocycles. The van der Waals surface area contributed by atoms with E-state index in [1.807, 2.05) is 0 Å². The molecular weight excluding hydrogens is 216 g/mol. The van der Waals surface area contributed by atoms with Gasteiger partial charge in [-0.3, -0.25) is 0 Å². The standard InChI is InChI=1S/C18H35/c1-3-5-7-9-11-13-15-17-18-16-14-12-10-8-6-4-2/h7,14,16H,3-6,8-13,15,17-18H2,1-2H3. The fourth-order valence-electron chi connectivity index (χ4n) is 2.18. The van der Waals surface area contributed by atoms with Crippen molar-refractivity contribution in [2.45, 2.75) is 97.3 Å². The predicted octanol–water partition coefficient (Wildman–Crippen LogP) is 6.86. The van der Waals surface area contributed by atoms with Crippen molar-refractivity contribution in [2.75, 3.05) is 0 Å². The average molecular weight is 251 g/mol. The molecule has 1 radical (unpaired) electrons. The highest BCUT2D eigenvalue weighted by atomic mass is 14.0. The highest BCUT2D eigenvalue weighted by molar-refractivity contribution is 4.81. The van der Waals surface area contributed by atoms with E-state index in [0.29, 0.717) is 0 Å². The molecule has 107 valence electrons. The first-order valence-corrected chi connectivity index (χ1v) is 8.38. The van der Waals surface area contributed by atoms with Gasteiger partial charge in [0.1, 0.15) is 0 Å². The predicted molar refractivity (Wildman–Crippen MR) is 84.8 cm³/mol. The summed E-state index contributed by atoms with van der Waals surface area (Å²) in [4.78, 5) is 0. The molecule has 0 aromatic rings. The number of rotatable bonds is 14. The fraction of sp³-hybridized carbons (Fsp3) is 0.833. The average Bonchev–Trinajstić information content (AvgIpc) is 2.39. The summed E-state index contributed by atoms with van der Waals surface area (Å²) in [6.07, 6.45) is 25.0. The first-order chi connectivity index (χ1) is 8.91. The zero-order valence-electron chi connectivity index (χ0n) is 12.9. The molecule has 0 fully saturated rings. The van der Waals surface area contributed by atoms with Gasteiger partial charge >= 0.3 is 0 Å². The SMILES string of the molecule is CCC[CH]CCCCCCC=CCCCCCC. The minimum Gasteiger partial charge on any atom is -0.0885 e. The molecule has 0 saturated carbocycles. The second-order valence-electron chi connectivity index (χ2n) is 5.39. The molecule has 0 unspecified atom stereocenters. The topological polar surface area (TPSA) is 0 Å². The van der Waals surface area contributed by atoms with Gasteiger partial charge in [-0.2, -0.15) is 0 Å². The third-order valence-electron chi connectivity index (χ3n) is 3.41. The molecule has 0 saturated heterocycles. The van der Waals surface area contributed by atoms with E-state index in [1.54, 1.807) is 0 Å². The molecule has 0 bridgehead atoms. The summed E-state index contributed by atoms with van der Waals surface area (Å²) in [6.45, 7) is 4.53. The minimum absolute atomic E-state index is 1.30. The quantitative estimate of drug-likeness (QED) is 0.234. The van der Waals surface area contributed by atoms with E-state index in [-0.39, 0.29) is 0 Å². The molecule has 0 aliphatic carbocycles. The molecule has 0 aliphatic heterocycles. The van der Waals surface area contributed by atoms with Gasteiger partial charge in [0.2, 0.25) is 0 Å². The first kappa shape index (κ1) is 17.7. The van der Waals surface area contributed by atoms with E-state index >= 15 is 0 Å². The van der Waals surface area contributed by atoms with Crippen molar-refractivity contribution in [2.24, 2.45) is 0 Å². The number of unbranched alkanes of at least 4 members (excludes halogenated alkanes) is 12. The molecular formula is C18H35. The Balaban J connectivity index is 2.99. The molecule has 0 aliphatic rings. The molecule has 0 nitrogen and oxygen atoms in total. The zero-order chi connectivity index (χ0) is 13.3. The van der Waals surface area contributed by atoms with Gasteiger partial charge in [-0.05, 0) is 32.1 Å². The smallest absolute Gasteiger partial charge is 0.0351 e. The molecule has 0 N–H and O–H groups in total. The van der Waals surface area contributed by atoms with Gasteiger partial charge in [0.25, 0.3) is 0 Å². The van der Waals surface area contributed by atoms with Crippen LogP contribution in [-0.4, -0.2) is 0 Å². The molecule has 0 rings (SSSR count). The maximum absolute atomic E-state index is 2.45. The van der Waals surface area contributed by atoms with Crippen LogP contribution in [0.25, 0.3) is 0 Å². The Morgan fingerprint density at radius 2 is 1.06 bits per heavy atom. The Labute approximate surface area is 116 Å². The molecule has 18 heavy (non-hydrogen) atoms. The Hall–Kier alpha value is -0.260. The van der Waals surface area contributed by atoms with Gasteiger partial charge in [-0.25, -0.2) is 0 Å². The van der Waals surface area contributed by atoms with Gasteiger partial charge in [-0.15, -0.1) is 0 Å². The maximum Gasteiger partial charge on any atom is -0.0351 e. The second-order valence-corrected chi connectivity index (χ2v) is 5.39. The first-order valence-electron chi connectivity index (χ1n) is 8.38. The molecule has 0 atom stereocenters. The summed E-state index contributed by atoms with van der Waals surface area (Å²) in [5.74, 6) is 0. The summed E-state index contributed by atoms with van der Waals surface area (Å²) in [7, 11) is 0. The van der Waals surface area contributed by atoms with E-state index in [2.05, 4.69) is 32.4 Å². The van der Waals surface area contributed by atoms with Gasteiger partial charge < -0.3 is 0 Å². The van der Waals surface area contributed by atoms with Gasteiger partial charge in [0, 0.05) is 0 Å². The molecule has 0 aromatic heterocycles. The molecule has 0 spiro atoms. The summed E-state index contributed by atoms with van der Waals surface area (Å²) in [6, 6.07) is 0. The maximum atomic E-state index is 2.45. The van der Waals surface area contributed by atoms with Crippen LogP contribution in [0, 0.1) is 6.42 Å². The minimum atomic E-state index is 1.30. The number of allylic oxidation sites excluding steroid dienone is 2. The highest BCUT2D eigenvalue weighted by Crippen LogP contribution is 2.09. The van der Waals surface area contributed by atoms with Gasteiger partial charge in [-0.1, -0.05) is 83.8 Å². The lowest BCUT2D eigenvalue weighted by atomic mass is 10.1. The Kier molecular flexibility index (Phi) is 16.5. The van der Waals surface area contributed by atoms with Crippen LogP contribution in [0.15, 0.2) is 12.2 Å². The van der Waals surface area contributed by atoms with Crippen LogP contribution in [0.4, 0.5) is 0 Å². The lowest BCUT2D eigenvalue weighted by Gasteiger charge is -1.99. The summed E-state index contributed by atoms with van der Waals surface area (Å²) < 4.78 is 0. The van der Waals surface area contributed by atoms with Crippen molar-refractivity contribution >= 4 is 0 Å². The van der Waals surface area contributed by atoms with Crippen LogP contribution in [0.5, 0.6) is 0 Å². The van der Waals surface area contributed by atoms with Crippen LogP contribution in [-0.2, 0) is 0 Å². The fourth-order valence-corrected chi connectivity index (χ4v) is 2.18. The number of hydrogen-bond donors (Lipinski definition) is 0. The van der Waals surface area contributed by atoms with E-state index in [4.69, 9.17) is 0 Å². The van der Waals surface area contributed by atoms with Crippen molar-refractivity contribution in [1.82, 2.24) is 0 Å². The summed E-state index contributed by atoms with van der Waals surface area (Å²) in [5, 5.41) is 0. The lowest BCUT2D eigenvalue weighted by molar-refractivity contribution is 0.631. The Morgan fingerprint density at radius 1 is 0.500 bits per heavy atom. The molecule has 0 amide bonds. The van der Waals surface area contributed by atoms with Crippen LogP contribution in [0.2, 0.25) is 0 Å². The largest absolute Gasteiger partial charge is 0.0885 e. The van der Waals surface area contributed by atoms with Crippen molar-refractivity contribution < 1.29 is 0 Å². The van der Waals surface area contributed by atoms with E-state index < -0.39 is 0 Å². The third kappa shape index (κ3) is 15.7. The monoisotopic (exact) mass is 251 g/mol. The van der Waals surface area contributed by atoms with E-state index in [0.717, 1.165) is 0 Å². The molecule has 0 heteroatoms. The highest BCUT2D eigenvalue weighted by Gasteiger charge is 1.90. The number of hydrogen-bond acceptors (Lipinski definition) is 0. The zero-order valence-corrected chi connectivity index (χ0v) is 12.9. The van der Waals surface area contributed by atoms with Crippen molar-refractivity contribution in [3.05, 3.63) is 18.6 Å². The molecule has 0 aromatic carbocycles. The van der Waals surface area contributed by atoms with E-state index in [9.17, 15) is 0 Å². The lowest BCUT2D eigenvalue weighted by Crippen LogP contribution is -1.80. The van der Waals surface area contributed by atoms with Gasteiger partial charge in [0.15, 0.2) is 0 Å². The summed E-state index contributed by atoms with van der Waals surface area (Å²) in [5.41, 5.74) is 0. The van der Waals surface area contributed by atoms with E-state index in [1.165, 1.54) is 83.5 Å². The Morgan fingerprint density at radius 3 is 1.61 bits per heavy atom. The van der Waals surface area contributed by atoms with Crippen LogP contribution < -0.4 is 0 Å². The van der Waals surface area contributed by atoms with Gasteiger partial charge in [0.05, 0.1) is 0 Å². The normalized spacial score (nSPS) is 11.4. The van der Waals surface area contributed by atoms with Crippen LogP contribution >= 0.6 is 0 Å². The summed E-state index contributed by atoms with van der Waals surface area (Å²) >= 11 is 0. The second kappa shape index (κ2) is 16.7. The van der Waals surface area contributed by atoms with Crippen LogP contribution in [0.3, 0.4) is 0 Å². The van der Waals surface area contributed by atoms with Crippen molar-refractivity contribution in [3.63, 3.8) is 0 Å². The van der Waals surface area contributed by atoms with Crippen molar-refractivity contribution in [1.29, 1.82) is 0 Å². The Bertz CT molecular complexity index is 157. The van der Waals surface area contributed by atoms with Crippen LogP contribution in [0.1, 0.15) is 97.3 Å². The third-order valence-corrected chi connectivity index (χ3v) is 3.41. The van der Waals surface area contributed by atoms with Crippen molar-refractivity contribution in [3.8, 4) is 0 Å².